The van der Waals surface area contributed by atoms with E-state index in [-0.39, 0.29) is 18.2 Å². The summed E-state index contributed by atoms with van der Waals surface area (Å²) in [6.45, 7) is 0.182. The molecule has 1 aromatic heterocycles. The van der Waals surface area contributed by atoms with Crippen LogP contribution in [-0.4, -0.2) is 28.3 Å². The molecule has 0 aliphatic rings. The Balaban J connectivity index is 2.37. The smallest absolute Gasteiger partial charge is 0.267 e. The lowest BCUT2D eigenvalue weighted by atomic mass is 10.2. The summed E-state index contributed by atoms with van der Waals surface area (Å²) in [4.78, 5) is 32.0. The first-order valence-electron chi connectivity index (χ1n) is 6.16. The number of carbonyl (C=O) groups excluding carboxylic acids is 2. The van der Waals surface area contributed by atoms with Gasteiger partial charge in [0.15, 0.2) is 0 Å². The molecule has 7 heteroatoms. The summed E-state index contributed by atoms with van der Waals surface area (Å²) in [5, 5.41) is 0. The highest BCUT2D eigenvalue weighted by Crippen LogP contribution is 2.21. The minimum Gasteiger partial charge on any atom is -0.369 e. The molecule has 2 amide bonds. The Morgan fingerprint density at radius 1 is 1.14 bits per heavy atom. The molecule has 21 heavy (non-hydrogen) atoms. The van der Waals surface area contributed by atoms with Gasteiger partial charge in [-0.3, -0.25) is 9.59 Å². The number of para-hydroxylation sites is 1. The summed E-state index contributed by atoms with van der Waals surface area (Å²) >= 11 is 0. The topological polar surface area (TPSA) is 115 Å². The van der Waals surface area contributed by atoms with Gasteiger partial charge in [0.2, 0.25) is 11.9 Å². The van der Waals surface area contributed by atoms with Crippen molar-refractivity contribution in [3.8, 4) is 0 Å². The van der Waals surface area contributed by atoms with E-state index in [4.69, 9.17) is 11.5 Å². The maximum Gasteiger partial charge on any atom is 0.267 e. The number of benzene rings is 1. The van der Waals surface area contributed by atoms with Gasteiger partial charge in [-0.2, -0.15) is 0 Å². The third-order valence-electron chi connectivity index (χ3n) is 2.68. The Bertz CT molecular complexity index is 645. The van der Waals surface area contributed by atoms with Crippen LogP contribution in [0.4, 0.5) is 11.6 Å². The van der Waals surface area contributed by atoms with Crippen LogP contribution in [0.2, 0.25) is 0 Å². The monoisotopic (exact) mass is 284 g/mol. The molecule has 0 unspecified atom stereocenters. The van der Waals surface area contributed by atoms with Crippen LogP contribution in [0.3, 0.4) is 0 Å². The normalized spacial score (nSPS) is 10.1. The van der Waals surface area contributed by atoms with E-state index in [1.165, 1.54) is 18.7 Å². The van der Waals surface area contributed by atoms with E-state index in [1.807, 2.05) is 30.3 Å². The summed E-state index contributed by atoms with van der Waals surface area (Å²) in [6, 6.07) is 10.6. The summed E-state index contributed by atoms with van der Waals surface area (Å²) < 4.78 is 0. The minimum absolute atomic E-state index is 0.0972. The number of anilines is 2. The number of carbonyl (C=O) groups is 2. The van der Waals surface area contributed by atoms with Gasteiger partial charge in [-0.05, 0) is 18.2 Å². The first-order chi connectivity index (χ1) is 10.1. The highest BCUT2D eigenvalue weighted by Gasteiger charge is 2.15. The van der Waals surface area contributed by atoms with Gasteiger partial charge in [-0.15, -0.1) is 0 Å². The summed E-state index contributed by atoms with van der Waals surface area (Å²) in [6.07, 6.45) is 2.73. The lowest BCUT2D eigenvalue weighted by molar-refractivity contribution is -0.114. The van der Waals surface area contributed by atoms with E-state index in [1.54, 1.807) is 4.90 Å². The number of aromatic nitrogens is 2. The maximum atomic E-state index is 11.2. The van der Waals surface area contributed by atoms with Crippen LogP contribution in [0, 0.1) is 6.42 Å². The fourth-order valence-corrected chi connectivity index (χ4v) is 1.71. The van der Waals surface area contributed by atoms with Gasteiger partial charge in [-0.1, -0.05) is 18.2 Å². The van der Waals surface area contributed by atoms with Crippen molar-refractivity contribution < 1.29 is 9.59 Å². The molecule has 1 aromatic carbocycles. The molecule has 107 valence electrons. The SMILES string of the molecule is NC(=O)[CH]CN(c1ccccc1)c1nccc(C(N)=O)n1. The predicted octanol–water partition coefficient (Wildman–Crippen LogP) is 0.403. The number of rotatable bonds is 6. The average Bonchev–Trinajstić information content (AvgIpc) is 2.48. The van der Waals surface area contributed by atoms with Crippen molar-refractivity contribution in [3.63, 3.8) is 0 Å². The second-order valence-corrected chi connectivity index (χ2v) is 4.16. The van der Waals surface area contributed by atoms with Gasteiger partial charge in [0.25, 0.3) is 5.91 Å². The maximum absolute atomic E-state index is 11.2. The Kier molecular flexibility index (Phi) is 4.45. The molecule has 0 bridgehead atoms. The van der Waals surface area contributed by atoms with Crippen molar-refractivity contribution >= 4 is 23.5 Å². The first kappa shape index (κ1) is 14.4. The molecule has 0 aliphatic heterocycles. The number of nitrogens with two attached hydrogens (primary N) is 2. The quantitative estimate of drug-likeness (QED) is 0.796. The number of primary amides is 2. The summed E-state index contributed by atoms with van der Waals surface area (Å²) in [5.74, 6) is -0.942. The molecule has 7 nitrogen and oxygen atoms in total. The third kappa shape index (κ3) is 3.75. The molecule has 0 saturated heterocycles. The van der Waals surface area contributed by atoms with E-state index in [2.05, 4.69) is 9.97 Å². The number of amides is 2. The molecule has 4 N–H and O–H groups in total. The molecule has 1 radical (unpaired) electrons. The van der Waals surface area contributed by atoms with Crippen molar-refractivity contribution in [1.82, 2.24) is 9.97 Å². The van der Waals surface area contributed by atoms with Gasteiger partial charge in [0, 0.05) is 18.4 Å². The van der Waals surface area contributed by atoms with Crippen LogP contribution in [0.5, 0.6) is 0 Å². The average molecular weight is 284 g/mol. The van der Waals surface area contributed by atoms with Crippen LogP contribution in [-0.2, 0) is 4.79 Å². The second-order valence-electron chi connectivity index (χ2n) is 4.16. The van der Waals surface area contributed by atoms with Crippen LogP contribution < -0.4 is 16.4 Å². The van der Waals surface area contributed by atoms with Gasteiger partial charge in [0.1, 0.15) is 5.69 Å². The van der Waals surface area contributed by atoms with Crippen molar-refractivity contribution in [2.24, 2.45) is 11.5 Å². The molecule has 2 aromatic rings. The van der Waals surface area contributed by atoms with E-state index >= 15 is 0 Å². The lowest BCUT2D eigenvalue weighted by Crippen LogP contribution is -2.27. The van der Waals surface area contributed by atoms with E-state index in [9.17, 15) is 9.59 Å². The summed E-state index contributed by atoms with van der Waals surface area (Å²) in [5.41, 5.74) is 11.2. The second kappa shape index (κ2) is 6.47. The molecule has 2 rings (SSSR count). The predicted molar refractivity (Wildman–Crippen MR) is 77.5 cm³/mol. The zero-order valence-electron chi connectivity index (χ0n) is 11.1. The van der Waals surface area contributed by atoms with Crippen LogP contribution in [0.15, 0.2) is 42.6 Å². The van der Waals surface area contributed by atoms with Gasteiger partial charge >= 0.3 is 0 Å². The highest BCUT2D eigenvalue weighted by atomic mass is 16.1. The molecule has 1 heterocycles. The van der Waals surface area contributed by atoms with Gasteiger partial charge < -0.3 is 16.4 Å². The molecular formula is C14H14N5O2. The molecule has 0 atom stereocenters. The van der Waals surface area contributed by atoms with Crippen molar-refractivity contribution in [2.75, 3.05) is 11.4 Å². The highest BCUT2D eigenvalue weighted by molar-refractivity contribution is 5.91. The van der Waals surface area contributed by atoms with Gasteiger partial charge in [0.05, 0.1) is 6.42 Å². The number of nitrogens with zero attached hydrogens (tertiary/aromatic N) is 3. The Labute approximate surface area is 121 Å². The van der Waals surface area contributed by atoms with E-state index in [0.717, 1.165) is 5.69 Å². The third-order valence-corrected chi connectivity index (χ3v) is 2.68. The molecule has 0 aliphatic carbocycles. The van der Waals surface area contributed by atoms with Gasteiger partial charge in [-0.25, -0.2) is 9.97 Å². The van der Waals surface area contributed by atoms with E-state index in [0.29, 0.717) is 0 Å². The van der Waals surface area contributed by atoms with Crippen LogP contribution >= 0.6 is 0 Å². The zero-order valence-corrected chi connectivity index (χ0v) is 11.1. The standard InChI is InChI=1S/C14H14N5O2/c15-12(20)7-9-19(10-4-2-1-3-5-10)14-17-8-6-11(18-14)13(16)21/h1-8H,9H2,(H2,15,20)(H2,16,21). The summed E-state index contributed by atoms with van der Waals surface area (Å²) in [7, 11) is 0. The van der Waals surface area contributed by atoms with Crippen LogP contribution in [0.25, 0.3) is 0 Å². The molecule has 0 saturated carbocycles. The molecular weight excluding hydrogens is 270 g/mol. The fourth-order valence-electron chi connectivity index (χ4n) is 1.71. The lowest BCUT2D eigenvalue weighted by Gasteiger charge is -2.22. The Morgan fingerprint density at radius 3 is 2.48 bits per heavy atom. The largest absolute Gasteiger partial charge is 0.369 e. The Morgan fingerprint density at radius 2 is 1.86 bits per heavy atom. The number of hydrogen-bond acceptors (Lipinski definition) is 5. The molecule has 0 spiro atoms. The fraction of sp³-hybridized carbons (Fsp3) is 0.0714. The first-order valence-corrected chi connectivity index (χ1v) is 6.16. The van der Waals surface area contributed by atoms with Crippen LogP contribution in [0.1, 0.15) is 10.5 Å². The van der Waals surface area contributed by atoms with Crippen molar-refractivity contribution in [2.45, 2.75) is 0 Å². The number of hydrogen-bond donors (Lipinski definition) is 2. The Hall–Kier alpha value is -2.96. The zero-order chi connectivity index (χ0) is 15.2. The van der Waals surface area contributed by atoms with E-state index < -0.39 is 11.8 Å². The van der Waals surface area contributed by atoms with Crippen molar-refractivity contribution in [3.05, 3.63) is 54.7 Å². The van der Waals surface area contributed by atoms with Crippen molar-refractivity contribution in [1.29, 1.82) is 0 Å². The molecule has 0 fully saturated rings. The minimum atomic E-state index is -0.648.